The minimum absolute atomic E-state index is 0.119. The van der Waals surface area contributed by atoms with Crippen LogP contribution in [0.25, 0.3) is 0 Å². The molecule has 4 rings (SSSR count). The van der Waals surface area contributed by atoms with E-state index in [1.54, 1.807) is 0 Å². The standard InChI is InChI=1S/C18H24F4N2O4/c19-17(20)1-5-23(9-15(17)3-7-27-11-15)13(25)14(26)24-6-2-18(21,22)16(10-24)4-8-28-12-16/h1-12H2. The summed E-state index contributed by atoms with van der Waals surface area (Å²) in [6.45, 7) is -0.936. The summed E-state index contributed by atoms with van der Waals surface area (Å²) in [6, 6.07) is 0. The van der Waals surface area contributed by atoms with Crippen molar-refractivity contribution in [3.05, 3.63) is 0 Å². The molecule has 2 atom stereocenters. The Morgan fingerprint density at radius 1 is 0.679 bits per heavy atom. The zero-order valence-electron chi connectivity index (χ0n) is 15.5. The maximum atomic E-state index is 14.4. The second-order valence-electron chi connectivity index (χ2n) is 8.53. The second kappa shape index (κ2) is 6.55. The fraction of sp³-hybridized carbons (Fsp3) is 0.889. The summed E-state index contributed by atoms with van der Waals surface area (Å²) in [4.78, 5) is 27.8. The van der Waals surface area contributed by atoms with Gasteiger partial charge in [-0.1, -0.05) is 0 Å². The summed E-state index contributed by atoms with van der Waals surface area (Å²) in [7, 11) is 0. The van der Waals surface area contributed by atoms with E-state index in [0.29, 0.717) is 0 Å². The summed E-state index contributed by atoms with van der Waals surface area (Å²) < 4.78 is 68.0. The zero-order valence-corrected chi connectivity index (χ0v) is 15.5. The predicted molar refractivity (Wildman–Crippen MR) is 88.0 cm³/mol. The molecule has 4 fully saturated rings. The molecule has 0 aliphatic carbocycles. The SMILES string of the molecule is O=C(C(=O)N1CCC(F)(F)C2(CCOC2)C1)N1CCC(F)(F)C2(CCOC2)C1. The lowest BCUT2D eigenvalue weighted by atomic mass is 9.75. The fourth-order valence-corrected chi connectivity index (χ4v) is 4.86. The van der Waals surface area contributed by atoms with Crippen molar-refractivity contribution < 1.29 is 36.6 Å². The molecule has 0 radical (unpaired) electrons. The molecule has 4 aliphatic heterocycles. The molecule has 0 saturated carbocycles. The molecule has 0 aromatic heterocycles. The van der Waals surface area contributed by atoms with E-state index in [9.17, 15) is 27.2 Å². The molecule has 4 saturated heterocycles. The molecule has 0 N–H and O–H groups in total. The molecule has 0 aromatic carbocycles. The van der Waals surface area contributed by atoms with Gasteiger partial charge in [0, 0.05) is 52.2 Å². The van der Waals surface area contributed by atoms with Crippen LogP contribution in [0.15, 0.2) is 0 Å². The lowest BCUT2D eigenvalue weighted by molar-refractivity contribution is -0.187. The number of rotatable bonds is 0. The van der Waals surface area contributed by atoms with Crippen LogP contribution in [0.3, 0.4) is 0 Å². The summed E-state index contributed by atoms with van der Waals surface area (Å²) >= 11 is 0. The van der Waals surface area contributed by atoms with Crippen LogP contribution in [0.4, 0.5) is 17.6 Å². The average molecular weight is 408 g/mol. The molecule has 6 nitrogen and oxygen atoms in total. The van der Waals surface area contributed by atoms with Gasteiger partial charge >= 0.3 is 11.8 Å². The van der Waals surface area contributed by atoms with Gasteiger partial charge in [-0.05, 0) is 12.8 Å². The molecule has 10 heteroatoms. The third-order valence-electron chi connectivity index (χ3n) is 6.89. The van der Waals surface area contributed by atoms with Gasteiger partial charge in [0.25, 0.3) is 11.8 Å². The lowest BCUT2D eigenvalue weighted by Crippen LogP contribution is -2.62. The van der Waals surface area contributed by atoms with Crippen LogP contribution in [0.5, 0.6) is 0 Å². The van der Waals surface area contributed by atoms with Crippen molar-refractivity contribution >= 4 is 11.8 Å². The summed E-state index contributed by atoms with van der Waals surface area (Å²) in [5.41, 5.74) is -2.95. The number of piperidine rings is 2. The van der Waals surface area contributed by atoms with E-state index in [1.807, 2.05) is 0 Å². The molecule has 158 valence electrons. The maximum absolute atomic E-state index is 14.4. The number of ether oxygens (including phenoxy) is 2. The normalized spacial score (nSPS) is 37.0. The Labute approximate surface area is 160 Å². The van der Waals surface area contributed by atoms with Crippen molar-refractivity contribution in [3.63, 3.8) is 0 Å². The van der Waals surface area contributed by atoms with Crippen LogP contribution >= 0.6 is 0 Å². The topological polar surface area (TPSA) is 59.1 Å². The number of carbonyl (C=O) groups excluding carboxylic acids is 2. The molecule has 2 amide bonds. The largest absolute Gasteiger partial charge is 0.381 e. The lowest BCUT2D eigenvalue weighted by Gasteiger charge is -2.47. The first kappa shape index (κ1) is 19.9. The number of halogens is 4. The first-order valence-corrected chi connectivity index (χ1v) is 9.61. The number of alkyl halides is 4. The molecular weight excluding hydrogens is 384 g/mol. The van der Waals surface area contributed by atoms with E-state index < -0.39 is 47.3 Å². The van der Waals surface area contributed by atoms with Gasteiger partial charge in [0.2, 0.25) is 0 Å². The second-order valence-corrected chi connectivity index (χ2v) is 8.53. The van der Waals surface area contributed by atoms with Gasteiger partial charge in [-0.15, -0.1) is 0 Å². The quantitative estimate of drug-likeness (QED) is 0.451. The molecule has 2 spiro atoms. The summed E-state index contributed by atoms with van der Waals surface area (Å²) in [5, 5.41) is 0. The number of carbonyl (C=O) groups is 2. The van der Waals surface area contributed by atoms with Gasteiger partial charge in [-0.2, -0.15) is 0 Å². The Balaban J connectivity index is 1.47. The Morgan fingerprint density at radius 2 is 1.07 bits per heavy atom. The summed E-state index contributed by atoms with van der Waals surface area (Å²) in [5.74, 6) is -7.74. The number of hydrogen-bond acceptors (Lipinski definition) is 4. The highest BCUT2D eigenvalue weighted by Gasteiger charge is 2.61. The van der Waals surface area contributed by atoms with Crippen LogP contribution < -0.4 is 0 Å². The van der Waals surface area contributed by atoms with E-state index in [-0.39, 0.29) is 65.4 Å². The maximum Gasteiger partial charge on any atom is 0.312 e. The zero-order chi connectivity index (χ0) is 20.2. The van der Waals surface area contributed by atoms with Gasteiger partial charge in [-0.25, -0.2) is 17.6 Å². The Hall–Kier alpha value is -1.42. The Bertz CT molecular complexity index is 604. The third kappa shape index (κ3) is 2.91. The van der Waals surface area contributed by atoms with Crippen molar-refractivity contribution in [1.29, 1.82) is 0 Å². The highest BCUT2D eigenvalue weighted by Crippen LogP contribution is 2.50. The highest BCUT2D eigenvalue weighted by atomic mass is 19.3. The Kier molecular flexibility index (Phi) is 4.65. The predicted octanol–water partition coefficient (Wildman–Crippen LogP) is 1.53. The van der Waals surface area contributed by atoms with Crippen molar-refractivity contribution in [2.75, 3.05) is 52.6 Å². The van der Waals surface area contributed by atoms with Crippen molar-refractivity contribution in [1.82, 2.24) is 9.80 Å². The smallest absolute Gasteiger partial charge is 0.312 e. The summed E-state index contributed by atoms with van der Waals surface area (Å²) in [6.07, 6.45) is -0.834. The van der Waals surface area contributed by atoms with Crippen molar-refractivity contribution in [3.8, 4) is 0 Å². The molecular formula is C18H24F4N2O4. The minimum atomic E-state index is -2.97. The molecule has 4 aliphatic rings. The van der Waals surface area contributed by atoms with Crippen LogP contribution in [0, 0.1) is 10.8 Å². The molecule has 0 bridgehead atoms. The van der Waals surface area contributed by atoms with E-state index in [2.05, 4.69) is 0 Å². The molecule has 28 heavy (non-hydrogen) atoms. The third-order valence-corrected chi connectivity index (χ3v) is 6.89. The number of amides is 2. The van der Waals surface area contributed by atoms with Gasteiger partial charge < -0.3 is 19.3 Å². The van der Waals surface area contributed by atoms with E-state index in [1.165, 1.54) is 0 Å². The molecule has 0 aromatic rings. The van der Waals surface area contributed by atoms with Gasteiger partial charge in [0.15, 0.2) is 0 Å². The van der Waals surface area contributed by atoms with Crippen LogP contribution in [-0.4, -0.2) is 86.1 Å². The van der Waals surface area contributed by atoms with Crippen LogP contribution in [-0.2, 0) is 19.1 Å². The minimum Gasteiger partial charge on any atom is -0.381 e. The van der Waals surface area contributed by atoms with Gasteiger partial charge in [-0.3, -0.25) is 9.59 Å². The molecule has 4 heterocycles. The van der Waals surface area contributed by atoms with E-state index >= 15 is 0 Å². The van der Waals surface area contributed by atoms with Crippen molar-refractivity contribution in [2.45, 2.75) is 37.5 Å². The van der Waals surface area contributed by atoms with Crippen LogP contribution in [0.1, 0.15) is 25.7 Å². The van der Waals surface area contributed by atoms with Crippen LogP contribution in [0.2, 0.25) is 0 Å². The number of nitrogens with zero attached hydrogens (tertiary/aromatic N) is 2. The van der Waals surface area contributed by atoms with E-state index in [4.69, 9.17) is 9.47 Å². The number of hydrogen-bond donors (Lipinski definition) is 0. The first-order chi connectivity index (χ1) is 13.1. The monoisotopic (exact) mass is 408 g/mol. The van der Waals surface area contributed by atoms with Gasteiger partial charge in [0.05, 0.1) is 24.0 Å². The fourth-order valence-electron chi connectivity index (χ4n) is 4.86. The molecule has 2 unspecified atom stereocenters. The first-order valence-electron chi connectivity index (χ1n) is 9.61. The Morgan fingerprint density at radius 3 is 1.39 bits per heavy atom. The van der Waals surface area contributed by atoms with E-state index in [0.717, 1.165) is 9.80 Å². The number of likely N-dealkylation sites (tertiary alicyclic amines) is 2. The van der Waals surface area contributed by atoms with Gasteiger partial charge in [0.1, 0.15) is 0 Å². The highest BCUT2D eigenvalue weighted by molar-refractivity contribution is 6.35. The average Bonchev–Trinajstić information content (AvgIpc) is 3.30. The van der Waals surface area contributed by atoms with Crippen molar-refractivity contribution in [2.24, 2.45) is 10.8 Å².